The van der Waals surface area contributed by atoms with Gasteiger partial charge in [0, 0.05) is 6.04 Å². The molecule has 0 aliphatic carbocycles. The van der Waals surface area contributed by atoms with E-state index in [1.165, 1.54) is 7.11 Å². The van der Waals surface area contributed by atoms with Crippen LogP contribution < -0.4 is 22.3 Å². The van der Waals surface area contributed by atoms with Crippen LogP contribution in [-0.4, -0.2) is 42.8 Å². The number of nitrogens with two attached hydrogens (primary N) is 2. The van der Waals surface area contributed by atoms with Crippen molar-refractivity contribution in [1.29, 1.82) is 0 Å². The number of hydrogen-bond acceptors (Lipinski definition) is 6. The lowest BCUT2D eigenvalue weighted by molar-refractivity contribution is -0.111. The zero-order valence-corrected chi connectivity index (χ0v) is 15.0. The predicted molar refractivity (Wildman–Crippen MR) is 96.3 cm³/mol. The van der Waals surface area contributed by atoms with E-state index in [9.17, 15) is 14.7 Å². The molecular formula is C17H30N4O4. The second kappa shape index (κ2) is 13.3. The number of carbonyl (C=O) groups excluding carboxylic acids is 2. The summed E-state index contributed by atoms with van der Waals surface area (Å²) in [4.78, 5) is 24.6. The molecule has 1 aromatic rings. The van der Waals surface area contributed by atoms with Crippen LogP contribution in [0.3, 0.4) is 0 Å². The van der Waals surface area contributed by atoms with Crippen molar-refractivity contribution in [2.24, 2.45) is 17.4 Å². The molecule has 2 amide bonds. The largest absolute Gasteiger partial charge is 0.377 e. The van der Waals surface area contributed by atoms with Gasteiger partial charge in [0.2, 0.25) is 0 Å². The van der Waals surface area contributed by atoms with E-state index in [1.807, 2.05) is 49.7 Å². The highest BCUT2D eigenvalue weighted by atomic mass is 16.6. The SMILES string of the molecule is CC(C)CC(C=O)NC(O)C(N)Cc1ccccc1.CONC(N)=O. The van der Waals surface area contributed by atoms with Gasteiger partial charge in [0.25, 0.3) is 0 Å². The Balaban J connectivity index is 0.000000823. The van der Waals surface area contributed by atoms with Crippen molar-refractivity contribution in [2.75, 3.05) is 7.11 Å². The molecule has 8 nitrogen and oxygen atoms in total. The van der Waals surface area contributed by atoms with E-state index in [-0.39, 0.29) is 6.04 Å². The minimum atomic E-state index is -0.880. The molecule has 0 saturated carbocycles. The maximum atomic E-state index is 10.9. The first-order valence-electron chi connectivity index (χ1n) is 8.07. The summed E-state index contributed by atoms with van der Waals surface area (Å²) in [7, 11) is 1.31. The van der Waals surface area contributed by atoms with Crippen LogP contribution in [0, 0.1) is 5.92 Å². The standard InChI is InChI=1S/C15H24N2O2.C2H6N2O2/c1-11(2)8-13(10-18)17-15(19)14(16)9-12-6-4-3-5-7-12;1-6-4-2(3)5/h3-7,10-11,13-15,17,19H,8-9,16H2,1-2H3;1H3,(H3,3,4,5). The smallest absolute Gasteiger partial charge is 0.336 e. The fourth-order valence-corrected chi connectivity index (χ4v) is 2.11. The Kier molecular flexibility index (Phi) is 12.2. The van der Waals surface area contributed by atoms with E-state index in [0.29, 0.717) is 18.8 Å². The van der Waals surface area contributed by atoms with Gasteiger partial charge in [-0.2, -0.15) is 0 Å². The van der Waals surface area contributed by atoms with Gasteiger partial charge in [-0.15, -0.1) is 0 Å². The lowest BCUT2D eigenvalue weighted by atomic mass is 10.0. The Labute approximate surface area is 148 Å². The molecule has 1 rings (SSSR count). The molecular weight excluding hydrogens is 324 g/mol. The number of hydroxylamine groups is 1. The molecule has 7 N–H and O–H groups in total. The highest BCUT2D eigenvalue weighted by Gasteiger charge is 2.19. The molecule has 1 aromatic carbocycles. The van der Waals surface area contributed by atoms with E-state index in [1.54, 1.807) is 0 Å². The van der Waals surface area contributed by atoms with Crippen LogP contribution in [0.15, 0.2) is 30.3 Å². The molecule has 8 heteroatoms. The van der Waals surface area contributed by atoms with Gasteiger partial charge >= 0.3 is 6.03 Å². The van der Waals surface area contributed by atoms with Crippen LogP contribution >= 0.6 is 0 Å². The first kappa shape index (κ1) is 23.0. The van der Waals surface area contributed by atoms with Crippen molar-refractivity contribution in [1.82, 2.24) is 10.8 Å². The third-order valence-corrected chi connectivity index (χ3v) is 3.20. The van der Waals surface area contributed by atoms with Crippen molar-refractivity contribution in [3.8, 4) is 0 Å². The zero-order valence-electron chi connectivity index (χ0n) is 15.0. The summed E-state index contributed by atoms with van der Waals surface area (Å²) in [6.45, 7) is 4.07. The summed E-state index contributed by atoms with van der Waals surface area (Å²) in [5, 5.41) is 12.9. The van der Waals surface area contributed by atoms with Crippen molar-refractivity contribution < 1.29 is 19.5 Å². The predicted octanol–water partition coefficient (Wildman–Crippen LogP) is 0.294. The molecule has 0 aliphatic heterocycles. The van der Waals surface area contributed by atoms with Gasteiger partial charge in [-0.05, 0) is 24.3 Å². The van der Waals surface area contributed by atoms with Crippen molar-refractivity contribution in [3.05, 3.63) is 35.9 Å². The van der Waals surface area contributed by atoms with E-state index in [2.05, 4.69) is 15.9 Å². The summed E-state index contributed by atoms with van der Waals surface area (Å²) < 4.78 is 0. The van der Waals surface area contributed by atoms with Crippen LogP contribution in [0.25, 0.3) is 0 Å². The summed E-state index contributed by atoms with van der Waals surface area (Å²) in [6.07, 6.45) is 1.22. The van der Waals surface area contributed by atoms with Crippen LogP contribution in [0.1, 0.15) is 25.8 Å². The Morgan fingerprint density at radius 2 is 1.92 bits per heavy atom. The molecule has 0 bridgehead atoms. The lowest BCUT2D eigenvalue weighted by Gasteiger charge is -2.24. The summed E-state index contributed by atoms with van der Waals surface area (Å²) in [5.74, 6) is 0.389. The number of nitrogens with one attached hydrogen (secondary N) is 2. The molecule has 0 fully saturated rings. The molecule has 0 aromatic heterocycles. The number of carbonyl (C=O) groups is 2. The first-order valence-corrected chi connectivity index (χ1v) is 8.07. The number of benzene rings is 1. The molecule has 25 heavy (non-hydrogen) atoms. The van der Waals surface area contributed by atoms with Crippen molar-refractivity contribution in [2.45, 2.75) is 45.0 Å². The number of aliphatic hydroxyl groups excluding tert-OH is 1. The lowest BCUT2D eigenvalue weighted by Crippen LogP contribution is -2.51. The number of urea groups is 1. The second-order valence-electron chi connectivity index (χ2n) is 6.01. The van der Waals surface area contributed by atoms with Crippen LogP contribution in [0.2, 0.25) is 0 Å². The highest BCUT2D eigenvalue weighted by Crippen LogP contribution is 2.06. The maximum absolute atomic E-state index is 10.9. The van der Waals surface area contributed by atoms with Crippen molar-refractivity contribution >= 4 is 12.3 Å². The number of rotatable bonds is 9. The van der Waals surface area contributed by atoms with Gasteiger partial charge in [-0.3, -0.25) is 10.2 Å². The Bertz CT molecular complexity index is 485. The molecule has 3 unspecified atom stereocenters. The van der Waals surface area contributed by atoms with E-state index in [4.69, 9.17) is 5.73 Å². The van der Waals surface area contributed by atoms with Crippen LogP contribution in [0.5, 0.6) is 0 Å². The average Bonchev–Trinajstić information content (AvgIpc) is 2.55. The van der Waals surface area contributed by atoms with E-state index >= 15 is 0 Å². The number of primary amides is 1. The number of aliphatic hydroxyl groups is 1. The molecule has 3 atom stereocenters. The van der Waals surface area contributed by atoms with Gasteiger partial charge in [0.1, 0.15) is 12.5 Å². The Morgan fingerprint density at radius 1 is 1.32 bits per heavy atom. The Morgan fingerprint density at radius 3 is 2.32 bits per heavy atom. The maximum Gasteiger partial charge on any atom is 0.336 e. The topological polar surface area (TPSA) is 140 Å². The summed E-state index contributed by atoms with van der Waals surface area (Å²) >= 11 is 0. The minimum absolute atomic E-state index is 0.350. The molecule has 0 radical (unpaired) electrons. The normalized spacial score (nSPS) is 14.0. The van der Waals surface area contributed by atoms with Gasteiger partial charge in [-0.1, -0.05) is 44.2 Å². The fourth-order valence-electron chi connectivity index (χ4n) is 2.11. The van der Waals surface area contributed by atoms with Crippen molar-refractivity contribution in [3.63, 3.8) is 0 Å². The highest BCUT2D eigenvalue weighted by molar-refractivity contribution is 5.70. The van der Waals surface area contributed by atoms with E-state index < -0.39 is 18.3 Å². The average molecular weight is 354 g/mol. The molecule has 142 valence electrons. The van der Waals surface area contributed by atoms with Crippen LogP contribution in [0.4, 0.5) is 4.79 Å². The third-order valence-electron chi connectivity index (χ3n) is 3.20. The summed E-state index contributed by atoms with van der Waals surface area (Å²) in [5.41, 5.74) is 13.4. The molecule has 0 heterocycles. The number of hydrogen-bond donors (Lipinski definition) is 5. The van der Waals surface area contributed by atoms with E-state index in [0.717, 1.165) is 11.8 Å². The van der Waals surface area contributed by atoms with Gasteiger partial charge in [0.15, 0.2) is 0 Å². The quantitative estimate of drug-likeness (QED) is 0.245. The number of amides is 2. The first-order chi connectivity index (χ1) is 11.8. The molecule has 0 saturated heterocycles. The number of aldehydes is 1. The zero-order chi connectivity index (χ0) is 19.2. The monoisotopic (exact) mass is 354 g/mol. The third kappa shape index (κ3) is 12.1. The van der Waals surface area contributed by atoms with Gasteiger partial charge in [-0.25, -0.2) is 10.3 Å². The summed E-state index contributed by atoms with van der Waals surface area (Å²) in [6, 6.07) is 8.29. The van der Waals surface area contributed by atoms with Crippen LogP contribution in [-0.2, 0) is 16.1 Å². The molecule has 0 aliphatic rings. The second-order valence-corrected chi connectivity index (χ2v) is 6.01. The fraction of sp³-hybridized carbons (Fsp3) is 0.529. The minimum Gasteiger partial charge on any atom is -0.377 e. The molecule has 0 spiro atoms. The van der Waals surface area contributed by atoms with Gasteiger partial charge < -0.3 is 21.4 Å². The Hall–Kier alpha value is -2.00. The van der Waals surface area contributed by atoms with Gasteiger partial charge in [0.05, 0.1) is 13.2 Å².